The van der Waals surface area contributed by atoms with Crippen molar-refractivity contribution >= 4 is 0 Å². The highest BCUT2D eigenvalue weighted by Crippen LogP contribution is 2.28. The lowest BCUT2D eigenvalue weighted by Gasteiger charge is -2.52. The molecule has 12 heavy (non-hydrogen) atoms. The van der Waals surface area contributed by atoms with Gasteiger partial charge in [-0.05, 0) is 33.7 Å². The zero-order chi connectivity index (χ0) is 8.72. The van der Waals surface area contributed by atoms with Crippen molar-refractivity contribution in [1.82, 2.24) is 9.80 Å². The van der Waals surface area contributed by atoms with Gasteiger partial charge in [0.25, 0.3) is 0 Å². The molecule has 3 aliphatic heterocycles. The van der Waals surface area contributed by atoms with Gasteiger partial charge in [0, 0.05) is 31.2 Å². The first-order chi connectivity index (χ1) is 5.68. The van der Waals surface area contributed by atoms with Gasteiger partial charge in [0.15, 0.2) is 0 Å². The molecule has 0 aromatic heterocycles. The molecule has 0 saturated carbocycles. The molecule has 0 aliphatic carbocycles. The maximum absolute atomic E-state index is 2.67. The number of fused-ring (bicyclic) bond motifs is 3. The summed E-state index contributed by atoms with van der Waals surface area (Å²) in [6, 6.07) is 2.43. The van der Waals surface area contributed by atoms with Gasteiger partial charge in [-0.3, -0.25) is 4.90 Å². The predicted octanol–water partition coefficient (Wildman–Crippen LogP) is 1.17. The fourth-order valence-corrected chi connectivity index (χ4v) is 2.70. The first-order valence-electron chi connectivity index (χ1n) is 5.14. The molecule has 70 valence electrons. The lowest BCUT2D eigenvalue weighted by Crippen LogP contribution is -2.62. The third-order valence-electron chi connectivity index (χ3n) is 3.51. The average Bonchev–Trinajstić information content (AvgIpc) is 2.04. The van der Waals surface area contributed by atoms with E-state index in [1.807, 2.05) is 0 Å². The summed E-state index contributed by atoms with van der Waals surface area (Å²) in [5.74, 6) is 0. The van der Waals surface area contributed by atoms with Gasteiger partial charge in [-0.2, -0.15) is 0 Å². The minimum atomic E-state index is 0.742. The maximum Gasteiger partial charge on any atom is 0.0227 e. The van der Waals surface area contributed by atoms with E-state index in [4.69, 9.17) is 0 Å². The molecule has 0 N–H and O–H groups in total. The van der Waals surface area contributed by atoms with Gasteiger partial charge in [-0.25, -0.2) is 0 Å². The van der Waals surface area contributed by atoms with E-state index >= 15 is 0 Å². The molecule has 0 unspecified atom stereocenters. The van der Waals surface area contributed by atoms with Crippen LogP contribution in [0.3, 0.4) is 0 Å². The van der Waals surface area contributed by atoms with Crippen molar-refractivity contribution in [1.29, 1.82) is 0 Å². The zero-order valence-electron chi connectivity index (χ0n) is 8.45. The number of likely N-dealkylation sites (N-methyl/N-ethyl adjacent to an activating group) is 1. The van der Waals surface area contributed by atoms with E-state index in [0.717, 1.165) is 18.1 Å². The lowest BCUT2D eigenvalue weighted by atomic mass is 9.90. The molecule has 2 atom stereocenters. The van der Waals surface area contributed by atoms with Crippen molar-refractivity contribution < 1.29 is 0 Å². The predicted molar refractivity (Wildman–Crippen MR) is 51.3 cm³/mol. The number of nitrogens with zero attached hydrogens (tertiary/aromatic N) is 2. The van der Waals surface area contributed by atoms with E-state index in [1.54, 1.807) is 0 Å². The van der Waals surface area contributed by atoms with Crippen molar-refractivity contribution in [3.05, 3.63) is 0 Å². The summed E-state index contributed by atoms with van der Waals surface area (Å²) >= 11 is 0. The summed E-state index contributed by atoms with van der Waals surface area (Å²) in [6.45, 7) is 7.24. The standard InChI is InChI=1S/C10H20N2/c1-8(2)12-7-9-4-5-10(12)6-11(9)3/h8-10H,4-7H2,1-3H3/t9-,10-/m1/s1. The molecule has 2 bridgehead atoms. The molecule has 2 nitrogen and oxygen atoms in total. The Labute approximate surface area is 75.5 Å². The van der Waals surface area contributed by atoms with E-state index < -0.39 is 0 Å². The van der Waals surface area contributed by atoms with Crippen LogP contribution in [0, 0.1) is 0 Å². The molecule has 3 fully saturated rings. The van der Waals surface area contributed by atoms with Crippen LogP contribution in [0.5, 0.6) is 0 Å². The monoisotopic (exact) mass is 168 g/mol. The average molecular weight is 168 g/mol. The molecule has 2 heteroatoms. The first kappa shape index (κ1) is 8.52. The Morgan fingerprint density at radius 1 is 1.08 bits per heavy atom. The van der Waals surface area contributed by atoms with Crippen LogP contribution in [-0.4, -0.2) is 48.1 Å². The fraction of sp³-hybridized carbons (Fsp3) is 1.00. The largest absolute Gasteiger partial charge is 0.301 e. The second-order valence-electron chi connectivity index (χ2n) is 4.62. The second-order valence-corrected chi connectivity index (χ2v) is 4.62. The van der Waals surface area contributed by atoms with Gasteiger partial charge in [-0.15, -0.1) is 0 Å². The van der Waals surface area contributed by atoms with E-state index in [2.05, 4.69) is 30.7 Å². The summed E-state index contributed by atoms with van der Waals surface area (Å²) in [5, 5.41) is 0. The number of piperidine rings is 2. The van der Waals surface area contributed by atoms with Crippen LogP contribution in [0.1, 0.15) is 26.7 Å². The van der Waals surface area contributed by atoms with Gasteiger partial charge in [0.1, 0.15) is 0 Å². The molecular formula is C10H20N2. The number of hydrogen-bond acceptors (Lipinski definition) is 2. The van der Waals surface area contributed by atoms with Crippen molar-refractivity contribution in [2.24, 2.45) is 0 Å². The molecular weight excluding hydrogens is 148 g/mol. The number of hydrogen-bond donors (Lipinski definition) is 0. The second kappa shape index (κ2) is 3.00. The van der Waals surface area contributed by atoms with Gasteiger partial charge >= 0.3 is 0 Å². The van der Waals surface area contributed by atoms with Gasteiger partial charge in [0.05, 0.1) is 0 Å². The van der Waals surface area contributed by atoms with E-state index in [1.165, 1.54) is 25.9 Å². The van der Waals surface area contributed by atoms with Crippen molar-refractivity contribution in [2.75, 3.05) is 20.1 Å². The minimum absolute atomic E-state index is 0.742. The van der Waals surface area contributed by atoms with Crippen molar-refractivity contribution in [2.45, 2.75) is 44.8 Å². The van der Waals surface area contributed by atoms with Gasteiger partial charge in [0.2, 0.25) is 0 Å². The molecule has 3 saturated heterocycles. The zero-order valence-corrected chi connectivity index (χ0v) is 8.45. The van der Waals surface area contributed by atoms with Gasteiger partial charge < -0.3 is 4.90 Å². The minimum Gasteiger partial charge on any atom is -0.301 e. The van der Waals surface area contributed by atoms with Crippen LogP contribution >= 0.6 is 0 Å². The Kier molecular flexibility index (Phi) is 2.13. The Hall–Kier alpha value is -0.0800. The number of rotatable bonds is 1. The molecule has 0 spiro atoms. The van der Waals surface area contributed by atoms with Gasteiger partial charge in [-0.1, -0.05) is 0 Å². The van der Waals surface area contributed by atoms with Crippen LogP contribution in [0.4, 0.5) is 0 Å². The Morgan fingerprint density at radius 3 is 2.17 bits per heavy atom. The normalized spacial score (nSPS) is 38.0. The molecule has 0 aromatic rings. The van der Waals surface area contributed by atoms with Crippen molar-refractivity contribution in [3.63, 3.8) is 0 Å². The van der Waals surface area contributed by atoms with Crippen LogP contribution in [0.15, 0.2) is 0 Å². The SMILES string of the molecule is CC(C)N1C[C@H]2CC[C@@H]1CN2C. The number of piperazine rings is 1. The van der Waals surface area contributed by atoms with E-state index in [-0.39, 0.29) is 0 Å². The van der Waals surface area contributed by atoms with Crippen molar-refractivity contribution in [3.8, 4) is 0 Å². The maximum atomic E-state index is 2.67. The third kappa shape index (κ3) is 1.27. The molecule has 0 radical (unpaired) electrons. The molecule has 0 aromatic carbocycles. The highest BCUT2D eigenvalue weighted by Gasteiger charge is 2.37. The fourth-order valence-electron chi connectivity index (χ4n) is 2.70. The van der Waals surface area contributed by atoms with Crippen LogP contribution in [0.25, 0.3) is 0 Å². The summed E-state index contributed by atoms with van der Waals surface area (Å²) in [4.78, 5) is 5.21. The molecule has 0 amide bonds. The first-order valence-corrected chi connectivity index (χ1v) is 5.14. The topological polar surface area (TPSA) is 6.48 Å². The van der Waals surface area contributed by atoms with Crippen LogP contribution < -0.4 is 0 Å². The van der Waals surface area contributed by atoms with E-state index in [0.29, 0.717) is 0 Å². The Morgan fingerprint density at radius 2 is 1.75 bits per heavy atom. The summed E-state index contributed by atoms with van der Waals surface area (Å²) in [5.41, 5.74) is 0. The highest BCUT2D eigenvalue weighted by atomic mass is 15.3. The summed E-state index contributed by atoms with van der Waals surface area (Å²) in [7, 11) is 2.27. The molecule has 3 aliphatic rings. The van der Waals surface area contributed by atoms with Crippen LogP contribution in [0.2, 0.25) is 0 Å². The Balaban J connectivity index is 2.05. The third-order valence-corrected chi connectivity index (χ3v) is 3.51. The summed E-state index contributed by atoms with van der Waals surface area (Å²) in [6.07, 6.45) is 2.84. The molecule has 3 heterocycles. The summed E-state index contributed by atoms with van der Waals surface area (Å²) < 4.78 is 0. The lowest BCUT2D eigenvalue weighted by molar-refractivity contribution is -0.0231. The quantitative estimate of drug-likeness (QED) is 0.580. The smallest absolute Gasteiger partial charge is 0.0227 e. The van der Waals surface area contributed by atoms with E-state index in [9.17, 15) is 0 Å². The highest BCUT2D eigenvalue weighted by molar-refractivity contribution is 4.94. The Bertz CT molecular complexity index is 167. The van der Waals surface area contributed by atoms with Crippen LogP contribution in [-0.2, 0) is 0 Å². The molecule has 3 rings (SSSR count).